The number of fused-ring (bicyclic) bond motifs is 1. The highest BCUT2D eigenvalue weighted by Crippen LogP contribution is 2.32. The van der Waals surface area contributed by atoms with Crippen molar-refractivity contribution in [1.29, 1.82) is 0 Å². The minimum absolute atomic E-state index is 0.0612. The zero-order chi connectivity index (χ0) is 20.1. The number of anilines is 2. The number of piperidine rings is 1. The number of likely N-dealkylation sites (tertiary alicyclic amines) is 1. The summed E-state index contributed by atoms with van der Waals surface area (Å²) in [4.78, 5) is 25.7. The van der Waals surface area contributed by atoms with Crippen molar-refractivity contribution in [2.45, 2.75) is 84.2 Å². The molecule has 1 fully saturated rings. The molecule has 1 amide bonds. The fourth-order valence-electron chi connectivity index (χ4n) is 4.33. The molecule has 0 spiro atoms. The second-order valence-electron chi connectivity index (χ2n) is 8.24. The lowest BCUT2D eigenvalue weighted by molar-refractivity contribution is -0.117. The van der Waals surface area contributed by atoms with E-state index in [1.54, 1.807) is 4.90 Å². The van der Waals surface area contributed by atoms with Crippen LogP contribution in [-0.4, -0.2) is 52.6 Å². The van der Waals surface area contributed by atoms with Gasteiger partial charge in [0.1, 0.15) is 11.6 Å². The number of aromatic nitrogens is 2. The molecule has 0 aliphatic carbocycles. The molecule has 0 bridgehead atoms. The summed E-state index contributed by atoms with van der Waals surface area (Å²) in [6.07, 6.45) is 8.21. The topological polar surface area (TPSA) is 84.6 Å². The molecule has 0 radical (unpaired) electrons. The lowest BCUT2D eigenvalue weighted by atomic mass is 9.96. The van der Waals surface area contributed by atoms with Gasteiger partial charge in [-0.1, -0.05) is 19.8 Å². The third-order valence-corrected chi connectivity index (χ3v) is 5.87. The van der Waals surface area contributed by atoms with Gasteiger partial charge in [-0.3, -0.25) is 14.6 Å². The lowest BCUT2D eigenvalue weighted by Crippen LogP contribution is -2.44. The largest absolute Gasteiger partial charge is 0.463 e. The van der Waals surface area contributed by atoms with Crippen molar-refractivity contribution in [3.63, 3.8) is 0 Å². The lowest BCUT2D eigenvalue weighted by Gasteiger charge is -2.39. The molecule has 3 rings (SSSR count). The van der Waals surface area contributed by atoms with E-state index in [0.29, 0.717) is 36.9 Å². The monoisotopic (exact) mass is 389 g/mol. The first-order chi connectivity index (χ1) is 13.5. The molecule has 0 aromatic carbocycles. The molecule has 1 aromatic rings. The minimum Gasteiger partial charge on any atom is -0.463 e. The van der Waals surface area contributed by atoms with Crippen LogP contribution in [0.25, 0.3) is 0 Å². The summed E-state index contributed by atoms with van der Waals surface area (Å²) < 4.78 is 5.63. The highest BCUT2D eigenvalue weighted by Gasteiger charge is 2.32. The Morgan fingerprint density at radius 3 is 2.82 bits per heavy atom. The highest BCUT2D eigenvalue weighted by atomic mass is 16.5. The third kappa shape index (κ3) is 4.74. The molecule has 156 valence electrons. The van der Waals surface area contributed by atoms with E-state index in [9.17, 15) is 4.79 Å². The Bertz CT molecular complexity index is 679. The second-order valence-corrected chi connectivity index (χ2v) is 8.24. The third-order valence-electron chi connectivity index (χ3n) is 5.87. The van der Waals surface area contributed by atoms with E-state index in [1.165, 1.54) is 25.8 Å². The predicted octanol–water partition coefficient (Wildman–Crippen LogP) is 3.17. The number of ether oxygens (including phenoxy) is 1. The molecule has 7 heteroatoms. The molecule has 1 unspecified atom stereocenters. The Hall–Kier alpha value is -1.89. The number of nitrogens with two attached hydrogens (primary N) is 1. The van der Waals surface area contributed by atoms with Crippen LogP contribution < -0.4 is 15.4 Å². The molecule has 0 saturated carbocycles. The second kappa shape index (κ2) is 9.54. The van der Waals surface area contributed by atoms with Crippen LogP contribution in [0.4, 0.5) is 11.6 Å². The molecule has 1 atom stereocenters. The van der Waals surface area contributed by atoms with Gasteiger partial charge >= 0.3 is 6.01 Å². The number of hydrogen-bond donors (Lipinski definition) is 1. The van der Waals surface area contributed by atoms with E-state index in [-0.39, 0.29) is 18.3 Å². The van der Waals surface area contributed by atoms with E-state index in [0.717, 1.165) is 31.2 Å². The Kier molecular flexibility index (Phi) is 7.10. The number of nitrogen functional groups attached to an aromatic ring is 1. The van der Waals surface area contributed by atoms with Crippen molar-refractivity contribution in [2.75, 3.05) is 30.3 Å². The van der Waals surface area contributed by atoms with Gasteiger partial charge in [-0.2, -0.15) is 9.97 Å². The molecule has 2 aliphatic heterocycles. The molecular weight excluding hydrogens is 354 g/mol. The maximum absolute atomic E-state index is 12.6. The smallest absolute Gasteiger partial charge is 0.320 e. The van der Waals surface area contributed by atoms with Gasteiger partial charge in [0.25, 0.3) is 0 Å². The van der Waals surface area contributed by atoms with E-state index in [2.05, 4.69) is 35.6 Å². The molecule has 7 nitrogen and oxygen atoms in total. The summed E-state index contributed by atoms with van der Waals surface area (Å²) in [5.74, 6) is 1.07. The number of unbranched alkanes of at least 4 members (excludes halogenated alkanes) is 1. The van der Waals surface area contributed by atoms with E-state index in [1.807, 2.05) is 0 Å². The van der Waals surface area contributed by atoms with Gasteiger partial charge in [-0.25, -0.2) is 0 Å². The van der Waals surface area contributed by atoms with Crippen LogP contribution in [0.15, 0.2) is 0 Å². The van der Waals surface area contributed by atoms with Crippen molar-refractivity contribution in [3.8, 4) is 6.01 Å². The van der Waals surface area contributed by atoms with Crippen LogP contribution in [0, 0.1) is 0 Å². The number of carbonyl (C=O) groups excluding carboxylic acids is 1. The maximum atomic E-state index is 12.6. The van der Waals surface area contributed by atoms with Crippen molar-refractivity contribution in [3.05, 3.63) is 5.56 Å². The Morgan fingerprint density at radius 1 is 1.25 bits per heavy atom. The van der Waals surface area contributed by atoms with Gasteiger partial charge < -0.3 is 10.5 Å². The first-order valence-electron chi connectivity index (χ1n) is 10.9. The summed E-state index contributed by atoms with van der Waals surface area (Å²) in [5.41, 5.74) is 6.83. The first-order valence-corrected chi connectivity index (χ1v) is 10.9. The Morgan fingerprint density at radius 2 is 2.07 bits per heavy atom. The van der Waals surface area contributed by atoms with Gasteiger partial charge in [0, 0.05) is 24.2 Å². The van der Waals surface area contributed by atoms with Crippen LogP contribution in [0.3, 0.4) is 0 Å². The Balaban J connectivity index is 1.63. The summed E-state index contributed by atoms with van der Waals surface area (Å²) in [5, 5.41) is 0. The van der Waals surface area contributed by atoms with Gasteiger partial charge in [0.05, 0.1) is 13.0 Å². The molecule has 28 heavy (non-hydrogen) atoms. The summed E-state index contributed by atoms with van der Waals surface area (Å²) in [6.45, 7) is 9.09. The minimum atomic E-state index is 0.0612. The van der Waals surface area contributed by atoms with Gasteiger partial charge in [0.15, 0.2) is 0 Å². The average Bonchev–Trinajstić information content (AvgIpc) is 2.99. The van der Waals surface area contributed by atoms with Crippen LogP contribution in [0.5, 0.6) is 6.01 Å². The van der Waals surface area contributed by atoms with Crippen molar-refractivity contribution in [2.24, 2.45) is 0 Å². The maximum Gasteiger partial charge on any atom is 0.320 e. The fraction of sp³-hybridized carbons (Fsp3) is 0.762. The van der Waals surface area contributed by atoms with E-state index < -0.39 is 0 Å². The van der Waals surface area contributed by atoms with Crippen molar-refractivity contribution >= 4 is 17.5 Å². The van der Waals surface area contributed by atoms with Crippen molar-refractivity contribution < 1.29 is 9.53 Å². The normalized spacial score (nSPS) is 20.1. The van der Waals surface area contributed by atoms with Crippen LogP contribution in [-0.2, 0) is 11.2 Å². The SMILES string of the molecule is CCCCOc1nc(N)c2c(n1)N(CCCC1CCCCN1C(C)C)C(=O)C2. The highest BCUT2D eigenvalue weighted by molar-refractivity contribution is 6.01. The number of carbonyl (C=O) groups is 1. The molecule has 1 aromatic heterocycles. The van der Waals surface area contributed by atoms with Crippen LogP contribution in [0.2, 0.25) is 0 Å². The summed E-state index contributed by atoms with van der Waals surface area (Å²) >= 11 is 0. The zero-order valence-electron chi connectivity index (χ0n) is 17.6. The number of rotatable bonds is 9. The molecule has 1 saturated heterocycles. The quantitative estimate of drug-likeness (QED) is 0.653. The predicted molar refractivity (Wildman–Crippen MR) is 112 cm³/mol. The summed E-state index contributed by atoms with van der Waals surface area (Å²) in [6, 6.07) is 1.48. The number of nitrogens with zero attached hydrogens (tertiary/aromatic N) is 4. The van der Waals surface area contributed by atoms with Gasteiger partial charge in [-0.15, -0.1) is 0 Å². The number of amides is 1. The van der Waals surface area contributed by atoms with Crippen molar-refractivity contribution in [1.82, 2.24) is 14.9 Å². The summed E-state index contributed by atoms with van der Waals surface area (Å²) in [7, 11) is 0. The average molecular weight is 390 g/mol. The molecule has 2 aliphatic rings. The van der Waals surface area contributed by atoms with Gasteiger partial charge in [-0.05, 0) is 52.5 Å². The zero-order valence-corrected chi connectivity index (χ0v) is 17.6. The molecular formula is C21H35N5O2. The Labute approximate surface area is 168 Å². The molecule has 2 N–H and O–H groups in total. The molecule has 3 heterocycles. The van der Waals surface area contributed by atoms with Crippen LogP contribution >= 0.6 is 0 Å². The fourth-order valence-corrected chi connectivity index (χ4v) is 4.33. The van der Waals surface area contributed by atoms with E-state index in [4.69, 9.17) is 10.5 Å². The first kappa shape index (κ1) is 20.8. The number of hydrogen-bond acceptors (Lipinski definition) is 6. The van der Waals surface area contributed by atoms with Crippen LogP contribution in [0.1, 0.15) is 71.3 Å². The standard InChI is InChI=1S/C21H35N5O2/c1-4-5-13-28-21-23-19(22)17-14-18(27)26(20(17)24-21)12-8-10-16-9-6-7-11-25(16)15(2)3/h15-16H,4-14H2,1-3H3,(H2,22,23,24). The van der Waals surface area contributed by atoms with Gasteiger partial charge in [0.2, 0.25) is 5.91 Å². The van der Waals surface area contributed by atoms with E-state index >= 15 is 0 Å².